The smallest absolute Gasteiger partial charge is 0.147 e. The molecule has 5 heteroatoms. The minimum atomic E-state index is 0.676. The molecular formula is C17H12BrClN2O. The lowest BCUT2D eigenvalue weighted by atomic mass is 10.2. The third kappa shape index (κ3) is 3.78. The molecule has 22 heavy (non-hydrogen) atoms. The van der Waals surface area contributed by atoms with Crippen molar-refractivity contribution in [3.8, 4) is 11.3 Å². The van der Waals surface area contributed by atoms with Crippen LogP contribution in [0.2, 0.25) is 5.02 Å². The Bertz CT molecular complexity index is 779. The maximum atomic E-state index is 5.88. The molecule has 3 rings (SSSR count). The number of hydrogen-bond acceptors (Lipinski definition) is 3. The Morgan fingerprint density at radius 3 is 2.41 bits per heavy atom. The van der Waals surface area contributed by atoms with Gasteiger partial charge in [0.1, 0.15) is 11.5 Å². The van der Waals surface area contributed by atoms with Crippen molar-refractivity contribution < 1.29 is 4.42 Å². The van der Waals surface area contributed by atoms with Gasteiger partial charge in [-0.3, -0.25) is 5.43 Å². The molecule has 3 nitrogen and oxygen atoms in total. The minimum Gasteiger partial charge on any atom is -0.455 e. The van der Waals surface area contributed by atoms with Crippen molar-refractivity contribution in [2.45, 2.75) is 0 Å². The first-order valence-corrected chi connectivity index (χ1v) is 7.78. The first-order chi connectivity index (χ1) is 10.7. The van der Waals surface area contributed by atoms with E-state index in [1.807, 2.05) is 60.7 Å². The summed E-state index contributed by atoms with van der Waals surface area (Å²) < 4.78 is 6.76. The number of nitrogens with zero attached hydrogens (tertiary/aromatic N) is 1. The van der Waals surface area contributed by atoms with E-state index in [4.69, 9.17) is 16.0 Å². The van der Waals surface area contributed by atoms with E-state index < -0.39 is 0 Å². The summed E-state index contributed by atoms with van der Waals surface area (Å²) in [6.07, 6.45) is 1.64. The zero-order valence-electron chi connectivity index (χ0n) is 11.5. The molecule has 0 bridgehead atoms. The van der Waals surface area contributed by atoms with Crippen LogP contribution in [0.4, 0.5) is 5.69 Å². The molecule has 0 saturated carbocycles. The first kappa shape index (κ1) is 14.9. The fourth-order valence-corrected chi connectivity index (χ4v) is 2.28. The lowest BCUT2D eigenvalue weighted by Crippen LogP contribution is -1.88. The van der Waals surface area contributed by atoms with E-state index >= 15 is 0 Å². The molecule has 0 radical (unpaired) electrons. The quantitative estimate of drug-likeness (QED) is 0.461. The second-order valence-electron chi connectivity index (χ2n) is 4.59. The van der Waals surface area contributed by atoms with E-state index in [2.05, 4.69) is 26.5 Å². The van der Waals surface area contributed by atoms with Crippen LogP contribution in [0, 0.1) is 0 Å². The van der Waals surface area contributed by atoms with Gasteiger partial charge < -0.3 is 4.42 Å². The standard InChI is InChI=1S/C17H12BrClN2O/c18-13-3-7-15(8-4-13)21-20-11-16-9-10-17(22-16)12-1-5-14(19)6-2-12/h1-11,21H/b20-11+. The summed E-state index contributed by atoms with van der Waals surface area (Å²) in [5.41, 5.74) is 4.83. The predicted molar refractivity (Wildman–Crippen MR) is 94.5 cm³/mol. The van der Waals surface area contributed by atoms with Crippen molar-refractivity contribution in [3.05, 3.63) is 75.9 Å². The number of nitrogens with one attached hydrogen (secondary N) is 1. The van der Waals surface area contributed by atoms with Gasteiger partial charge >= 0.3 is 0 Å². The molecule has 0 spiro atoms. The maximum Gasteiger partial charge on any atom is 0.147 e. The van der Waals surface area contributed by atoms with E-state index in [1.54, 1.807) is 6.21 Å². The Morgan fingerprint density at radius 1 is 0.955 bits per heavy atom. The van der Waals surface area contributed by atoms with Gasteiger partial charge in [-0.1, -0.05) is 27.5 Å². The topological polar surface area (TPSA) is 37.5 Å². The van der Waals surface area contributed by atoms with Crippen molar-refractivity contribution in [1.82, 2.24) is 0 Å². The van der Waals surface area contributed by atoms with Gasteiger partial charge in [0.25, 0.3) is 0 Å². The van der Waals surface area contributed by atoms with E-state index in [-0.39, 0.29) is 0 Å². The van der Waals surface area contributed by atoms with Crippen LogP contribution in [0.5, 0.6) is 0 Å². The fraction of sp³-hybridized carbons (Fsp3) is 0. The summed E-state index contributed by atoms with van der Waals surface area (Å²) in [5, 5.41) is 4.86. The second-order valence-corrected chi connectivity index (χ2v) is 5.94. The highest BCUT2D eigenvalue weighted by molar-refractivity contribution is 9.10. The average Bonchev–Trinajstić information content (AvgIpc) is 2.99. The monoisotopic (exact) mass is 374 g/mol. The number of hydrogen-bond donors (Lipinski definition) is 1. The van der Waals surface area contributed by atoms with Crippen molar-refractivity contribution >= 4 is 39.4 Å². The number of hydrazone groups is 1. The van der Waals surface area contributed by atoms with Gasteiger partial charge in [-0.15, -0.1) is 0 Å². The molecule has 1 heterocycles. The molecule has 3 aromatic rings. The Morgan fingerprint density at radius 2 is 1.68 bits per heavy atom. The largest absolute Gasteiger partial charge is 0.455 e. The van der Waals surface area contributed by atoms with Crippen LogP contribution in [-0.4, -0.2) is 6.21 Å². The first-order valence-electron chi connectivity index (χ1n) is 6.61. The molecule has 1 N–H and O–H groups in total. The Labute approximate surface area is 141 Å². The molecule has 110 valence electrons. The van der Waals surface area contributed by atoms with Crippen LogP contribution in [0.3, 0.4) is 0 Å². The number of halogens is 2. The zero-order chi connectivity index (χ0) is 15.4. The SMILES string of the molecule is Clc1ccc(-c2ccc(/C=N/Nc3ccc(Br)cc3)o2)cc1. The minimum absolute atomic E-state index is 0.676. The predicted octanol–water partition coefficient (Wildman–Crippen LogP) is 5.81. The Kier molecular flexibility index (Phi) is 4.61. The van der Waals surface area contributed by atoms with Crippen LogP contribution in [0.15, 0.2) is 74.7 Å². The van der Waals surface area contributed by atoms with E-state index in [1.165, 1.54) is 0 Å². The molecule has 0 aliphatic heterocycles. The molecular weight excluding hydrogens is 364 g/mol. The molecule has 0 fully saturated rings. The molecule has 0 amide bonds. The molecule has 0 unspecified atom stereocenters. The van der Waals surface area contributed by atoms with Crippen LogP contribution in [0.25, 0.3) is 11.3 Å². The summed E-state index contributed by atoms with van der Waals surface area (Å²) in [4.78, 5) is 0. The lowest BCUT2D eigenvalue weighted by molar-refractivity contribution is 0.575. The van der Waals surface area contributed by atoms with E-state index in [0.29, 0.717) is 10.8 Å². The summed E-state index contributed by atoms with van der Waals surface area (Å²) >= 11 is 9.27. The molecule has 1 aromatic heterocycles. The molecule has 2 aromatic carbocycles. The Balaban J connectivity index is 1.67. The average molecular weight is 376 g/mol. The summed E-state index contributed by atoms with van der Waals surface area (Å²) in [7, 11) is 0. The number of furan rings is 1. The fourth-order valence-electron chi connectivity index (χ4n) is 1.89. The third-order valence-electron chi connectivity index (χ3n) is 2.99. The van der Waals surface area contributed by atoms with Gasteiger partial charge in [-0.25, -0.2) is 0 Å². The van der Waals surface area contributed by atoms with Gasteiger partial charge in [-0.05, 0) is 60.7 Å². The Hall–Kier alpha value is -2.04. The molecule has 0 saturated heterocycles. The second kappa shape index (κ2) is 6.81. The zero-order valence-corrected chi connectivity index (χ0v) is 13.8. The van der Waals surface area contributed by atoms with Crippen LogP contribution in [-0.2, 0) is 0 Å². The van der Waals surface area contributed by atoms with Gasteiger partial charge in [0.2, 0.25) is 0 Å². The highest BCUT2D eigenvalue weighted by atomic mass is 79.9. The van der Waals surface area contributed by atoms with Crippen molar-refractivity contribution in [3.63, 3.8) is 0 Å². The van der Waals surface area contributed by atoms with Gasteiger partial charge in [0, 0.05) is 15.1 Å². The summed E-state index contributed by atoms with van der Waals surface area (Å²) in [6.45, 7) is 0. The highest BCUT2D eigenvalue weighted by Gasteiger charge is 2.03. The lowest BCUT2D eigenvalue weighted by Gasteiger charge is -1.99. The third-order valence-corrected chi connectivity index (χ3v) is 3.77. The van der Waals surface area contributed by atoms with Crippen molar-refractivity contribution in [2.24, 2.45) is 5.10 Å². The number of anilines is 1. The molecule has 0 atom stereocenters. The number of benzene rings is 2. The summed E-state index contributed by atoms with van der Waals surface area (Å²) in [6, 6.07) is 19.0. The summed E-state index contributed by atoms with van der Waals surface area (Å²) in [5.74, 6) is 1.45. The van der Waals surface area contributed by atoms with E-state index in [9.17, 15) is 0 Å². The van der Waals surface area contributed by atoms with Gasteiger partial charge in [0.15, 0.2) is 0 Å². The highest BCUT2D eigenvalue weighted by Crippen LogP contribution is 2.23. The van der Waals surface area contributed by atoms with Crippen LogP contribution < -0.4 is 5.43 Å². The van der Waals surface area contributed by atoms with Gasteiger partial charge in [0.05, 0.1) is 11.9 Å². The van der Waals surface area contributed by atoms with Crippen molar-refractivity contribution in [1.29, 1.82) is 0 Å². The van der Waals surface area contributed by atoms with E-state index in [0.717, 1.165) is 21.5 Å². The normalized spacial score (nSPS) is 11.0. The molecule has 0 aliphatic carbocycles. The number of rotatable bonds is 4. The van der Waals surface area contributed by atoms with Crippen molar-refractivity contribution in [2.75, 3.05) is 5.43 Å². The molecule has 0 aliphatic rings. The van der Waals surface area contributed by atoms with Gasteiger partial charge in [-0.2, -0.15) is 5.10 Å². The van der Waals surface area contributed by atoms with Crippen LogP contribution in [0.1, 0.15) is 5.76 Å². The maximum absolute atomic E-state index is 5.88. The van der Waals surface area contributed by atoms with Crippen LogP contribution >= 0.6 is 27.5 Å².